The predicted octanol–water partition coefficient (Wildman–Crippen LogP) is 3.99. The molecule has 0 unspecified atom stereocenters. The lowest BCUT2D eigenvalue weighted by molar-refractivity contribution is -0.116. The molecule has 28 heavy (non-hydrogen) atoms. The number of nitrogens with one attached hydrogen (secondary N) is 1. The lowest BCUT2D eigenvalue weighted by Gasteiger charge is -2.06. The Morgan fingerprint density at radius 3 is 2.68 bits per heavy atom. The molecule has 0 saturated heterocycles. The van der Waals surface area contributed by atoms with Gasteiger partial charge in [0.2, 0.25) is 23.6 Å². The molecule has 1 amide bonds. The van der Waals surface area contributed by atoms with Gasteiger partial charge in [0, 0.05) is 24.9 Å². The van der Waals surface area contributed by atoms with Crippen LogP contribution in [-0.2, 0) is 17.8 Å². The summed E-state index contributed by atoms with van der Waals surface area (Å²) in [6.07, 6.45) is 0.611. The van der Waals surface area contributed by atoms with E-state index < -0.39 is 0 Å². The van der Waals surface area contributed by atoms with Gasteiger partial charge in [-0.2, -0.15) is 0 Å². The molecule has 1 N–H and O–H groups in total. The van der Waals surface area contributed by atoms with Gasteiger partial charge in [0.1, 0.15) is 0 Å². The summed E-state index contributed by atoms with van der Waals surface area (Å²) in [6.45, 7) is 4.77. The van der Waals surface area contributed by atoms with Crippen LogP contribution in [-0.4, -0.2) is 25.7 Å². The predicted molar refractivity (Wildman–Crippen MR) is 107 cm³/mol. The van der Waals surface area contributed by atoms with E-state index in [9.17, 15) is 4.79 Å². The van der Waals surface area contributed by atoms with Crippen LogP contribution in [0, 0.1) is 6.92 Å². The van der Waals surface area contributed by atoms with E-state index in [4.69, 9.17) is 4.42 Å². The van der Waals surface area contributed by atoms with Crippen molar-refractivity contribution in [2.45, 2.75) is 33.2 Å². The number of nitrogens with zero attached hydrogens (tertiary/aromatic N) is 4. The fraction of sp³-hybridized carbons (Fsp3) is 0.238. The Balaban J connectivity index is 1.41. The van der Waals surface area contributed by atoms with Gasteiger partial charge in [0.25, 0.3) is 0 Å². The average molecular weight is 375 g/mol. The molecule has 0 spiro atoms. The Morgan fingerprint density at radius 2 is 1.89 bits per heavy atom. The highest BCUT2D eigenvalue weighted by molar-refractivity contribution is 5.91. The molecular formula is C21H21N5O2. The van der Waals surface area contributed by atoms with Gasteiger partial charge >= 0.3 is 0 Å². The van der Waals surface area contributed by atoms with Crippen molar-refractivity contribution in [3.8, 4) is 11.5 Å². The van der Waals surface area contributed by atoms with Crippen molar-refractivity contribution in [3.05, 3.63) is 60.0 Å². The molecule has 0 saturated carbocycles. The van der Waals surface area contributed by atoms with Gasteiger partial charge in [-0.25, -0.2) is 4.98 Å². The minimum absolute atomic E-state index is 0.139. The minimum Gasteiger partial charge on any atom is -0.421 e. The van der Waals surface area contributed by atoms with E-state index in [1.54, 1.807) is 0 Å². The van der Waals surface area contributed by atoms with Crippen LogP contribution >= 0.6 is 0 Å². The first-order valence-electron chi connectivity index (χ1n) is 9.28. The number of imidazole rings is 1. The number of aryl methyl sites for hydroxylation is 3. The minimum atomic E-state index is -0.139. The number of anilines is 1. The number of aromatic nitrogens is 4. The molecule has 0 radical (unpaired) electrons. The van der Waals surface area contributed by atoms with Gasteiger partial charge in [-0.3, -0.25) is 10.1 Å². The molecule has 2 heterocycles. The molecule has 0 bridgehead atoms. The number of benzene rings is 2. The summed E-state index contributed by atoms with van der Waals surface area (Å²) < 4.78 is 7.66. The number of hydrogen-bond acceptors (Lipinski definition) is 5. The highest BCUT2D eigenvalue weighted by Crippen LogP contribution is 2.21. The maximum absolute atomic E-state index is 12.4. The molecule has 0 aliphatic heterocycles. The standard InChI is InChI=1S/C21H21N5O2/c1-3-26-17-7-5-4-6-16(17)22-21(26)23-18(27)12-13-19-24-25-20(28-19)15-10-8-14(2)9-11-15/h4-11H,3,12-13H2,1-2H3,(H,22,23,27). The fourth-order valence-corrected chi connectivity index (χ4v) is 3.07. The SMILES string of the molecule is CCn1c(NC(=O)CCc2nnc(-c3ccc(C)cc3)o2)nc2ccccc21. The van der Waals surface area contributed by atoms with Crippen molar-refractivity contribution in [1.82, 2.24) is 19.7 Å². The van der Waals surface area contributed by atoms with Crippen molar-refractivity contribution in [1.29, 1.82) is 0 Å². The number of para-hydroxylation sites is 2. The monoisotopic (exact) mass is 375 g/mol. The molecule has 0 aliphatic rings. The van der Waals surface area contributed by atoms with Crippen LogP contribution in [0.3, 0.4) is 0 Å². The quantitative estimate of drug-likeness (QED) is 0.551. The van der Waals surface area contributed by atoms with E-state index in [2.05, 4.69) is 20.5 Å². The third kappa shape index (κ3) is 3.64. The van der Waals surface area contributed by atoms with Crippen LogP contribution in [0.2, 0.25) is 0 Å². The Hall–Kier alpha value is -3.48. The first-order valence-corrected chi connectivity index (χ1v) is 9.28. The molecular weight excluding hydrogens is 354 g/mol. The van der Waals surface area contributed by atoms with Crippen molar-refractivity contribution in [2.75, 3.05) is 5.32 Å². The van der Waals surface area contributed by atoms with E-state index in [0.717, 1.165) is 23.1 Å². The molecule has 7 heteroatoms. The van der Waals surface area contributed by atoms with Crippen molar-refractivity contribution in [2.24, 2.45) is 0 Å². The third-order valence-electron chi connectivity index (χ3n) is 4.55. The summed E-state index contributed by atoms with van der Waals surface area (Å²) in [5.41, 5.74) is 3.89. The van der Waals surface area contributed by atoms with E-state index in [0.29, 0.717) is 24.2 Å². The van der Waals surface area contributed by atoms with Gasteiger partial charge < -0.3 is 8.98 Å². The molecule has 142 valence electrons. The number of carbonyl (C=O) groups is 1. The van der Waals surface area contributed by atoms with Gasteiger partial charge in [0.15, 0.2) is 0 Å². The summed E-state index contributed by atoms with van der Waals surface area (Å²) in [4.78, 5) is 16.9. The van der Waals surface area contributed by atoms with Crippen LogP contribution < -0.4 is 5.32 Å². The first-order chi connectivity index (χ1) is 13.6. The normalized spacial score (nSPS) is 11.1. The van der Waals surface area contributed by atoms with Crippen molar-refractivity contribution < 1.29 is 9.21 Å². The number of amides is 1. The Labute approximate surface area is 162 Å². The average Bonchev–Trinajstić information content (AvgIpc) is 3.31. The second-order valence-electron chi connectivity index (χ2n) is 6.58. The zero-order valence-corrected chi connectivity index (χ0v) is 15.8. The number of fused-ring (bicyclic) bond motifs is 1. The van der Waals surface area contributed by atoms with Gasteiger partial charge in [0.05, 0.1) is 11.0 Å². The fourth-order valence-electron chi connectivity index (χ4n) is 3.07. The Bertz CT molecular complexity index is 1110. The molecule has 7 nitrogen and oxygen atoms in total. The summed E-state index contributed by atoms with van der Waals surface area (Å²) in [5, 5.41) is 11.0. The Kier molecular flexibility index (Phi) is 4.89. The summed E-state index contributed by atoms with van der Waals surface area (Å²) in [5.74, 6) is 1.32. The van der Waals surface area contributed by atoms with Crippen LogP contribution in [0.25, 0.3) is 22.5 Å². The largest absolute Gasteiger partial charge is 0.421 e. The van der Waals surface area contributed by atoms with E-state index in [-0.39, 0.29) is 12.3 Å². The lowest BCUT2D eigenvalue weighted by Crippen LogP contribution is -2.16. The van der Waals surface area contributed by atoms with Gasteiger partial charge in [-0.1, -0.05) is 29.8 Å². The van der Waals surface area contributed by atoms with Gasteiger partial charge in [-0.05, 0) is 38.1 Å². The Morgan fingerprint density at radius 1 is 1.11 bits per heavy atom. The zero-order valence-electron chi connectivity index (χ0n) is 15.8. The second-order valence-corrected chi connectivity index (χ2v) is 6.58. The molecule has 4 rings (SSSR count). The van der Waals surface area contributed by atoms with E-state index in [1.807, 2.05) is 66.9 Å². The van der Waals surface area contributed by atoms with E-state index in [1.165, 1.54) is 5.56 Å². The second kappa shape index (κ2) is 7.64. The van der Waals surface area contributed by atoms with Crippen LogP contribution in [0.15, 0.2) is 52.9 Å². The number of rotatable bonds is 6. The smallest absolute Gasteiger partial charge is 0.247 e. The highest BCUT2D eigenvalue weighted by atomic mass is 16.4. The maximum atomic E-state index is 12.4. The summed E-state index contributed by atoms with van der Waals surface area (Å²) >= 11 is 0. The summed E-state index contributed by atoms with van der Waals surface area (Å²) in [7, 11) is 0. The van der Waals surface area contributed by atoms with Crippen molar-refractivity contribution in [3.63, 3.8) is 0 Å². The lowest BCUT2D eigenvalue weighted by atomic mass is 10.1. The molecule has 0 aliphatic carbocycles. The number of carbonyl (C=O) groups excluding carboxylic acids is 1. The molecule has 2 aromatic carbocycles. The van der Waals surface area contributed by atoms with E-state index >= 15 is 0 Å². The topological polar surface area (TPSA) is 85.8 Å². The first kappa shape index (κ1) is 17.9. The molecule has 2 aromatic heterocycles. The molecule has 4 aromatic rings. The van der Waals surface area contributed by atoms with Crippen molar-refractivity contribution >= 4 is 22.9 Å². The number of hydrogen-bond donors (Lipinski definition) is 1. The maximum Gasteiger partial charge on any atom is 0.247 e. The van der Waals surface area contributed by atoms with Crippen LogP contribution in [0.5, 0.6) is 0 Å². The highest BCUT2D eigenvalue weighted by Gasteiger charge is 2.14. The van der Waals surface area contributed by atoms with Crippen LogP contribution in [0.4, 0.5) is 5.95 Å². The molecule has 0 fully saturated rings. The van der Waals surface area contributed by atoms with Gasteiger partial charge in [-0.15, -0.1) is 10.2 Å². The molecule has 0 atom stereocenters. The van der Waals surface area contributed by atoms with Crippen LogP contribution in [0.1, 0.15) is 24.8 Å². The zero-order chi connectivity index (χ0) is 19.5. The summed E-state index contributed by atoms with van der Waals surface area (Å²) in [6, 6.07) is 15.7. The third-order valence-corrected chi connectivity index (χ3v) is 4.55.